The summed E-state index contributed by atoms with van der Waals surface area (Å²) in [5.74, 6) is 1.62. The Balaban J connectivity index is 1.39. The molecule has 138 valence electrons. The summed E-state index contributed by atoms with van der Waals surface area (Å²) in [7, 11) is 2.11. The third-order valence-electron chi connectivity index (χ3n) is 5.55. The lowest BCUT2D eigenvalue weighted by Crippen LogP contribution is -2.42. The molecule has 0 bridgehead atoms. The molecule has 2 aliphatic rings. The van der Waals surface area contributed by atoms with Crippen LogP contribution >= 0.6 is 0 Å². The molecule has 4 heteroatoms. The Morgan fingerprint density at radius 1 is 1.00 bits per heavy atom. The summed E-state index contributed by atoms with van der Waals surface area (Å²) in [6.07, 6.45) is 4.10. The van der Waals surface area contributed by atoms with Crippen molar-refractivity contribution in [3.05, 3.63) is 59.7 Å². The Labute approximate surface area is 155 Å². The highest BCUT2D eigenvalue weighted by Gasteiger charge is 2.26. The van der Waals surface area contributed by atoms with Crippen LogP contribution in [0.5, 0.6) is 11.5 Å². The van der Waals surface area contributed by atoms with Crippen molar-refractivity contribution in [2.24, 2.45) is 0 Å². The van der Waals surface area contributed by atoms with Gasteiger partial charge in [0.25, 0.3) is 0 Å². The van der Waals surface area contributed by atoms with E-state index in [4.69, 9.17) is 9.47 Å². The molecule has 1 aliphatic heterocycles. The molecule has 1 unspecified atom stereocenters. The number of aliphatic hydroxyl groups is 1. The molecule has 26 heavy (non-hydrogen) atoms. The van der Waals surface area contributed by atoms with Crippen LogP contribution in [-0.4, -0.2) is 35.8 Å². The first-order chi connectivity index (χ1) is 12.7. The summed E-state index contributed by atoms with van der Waals surface area (Å²) >= 11 is 0. The SMILES string of the molecule is CN(Cc1ccc([C@H]2COc3ccccc3O2)cc1)C1CCCC[C@H]1O. The minimum absolute atomic E-state index is 0.0724. The molecule has 1 N–H and O–H groups in total. The number of aliphatic hydroxyl groups excluding tert-OH is 1. The molecule has 1 fully saturated rings. The molecule has 0 spiro atoms. The first kappa shape index (κ1) is 17.4. The molecular formula is C22H27NO3. The maximum absolute atomic E-state index is 10.2. The number of nitrogens with zero attached hydrogens (tertiary/aromatic N) is 1. The van der Waals surface area contributed by atoms with Crippen LogP contribution in [-0.2, 0) is 6.54 Å². The van der Waals surface area contributed by atoms with Crippen molar-refractivity contribution in [3.63, 3.8) is 0 Å². The van der Waals surface area contributed by atoms with Crippen molar-refractivity contribution in [2.45, 2.75) is 50.5 Å². The second-order valence-corrected chi connectivity index (χ2v) is 7.44. The Morgan fingerprint density at radius 2 is 1.73 bits per heavy atom. The minimum Gasteiger partial charge on any atom is -0.485 e. The van der Waals surface area contributed by atoms with Crippen LogP contribution < -0.4 is 9.47 Å². The van der Waals surface area contributed by atoms with Gasteiger partial charge < -0.3 is 14.6 Å². The summed E-state index contributed by atoms with van der Waals surface area (Å²) in [4.78, 5) is 2.29. The first-order valence-electron chi connectivity index (χ1n) is 9.56. The predicted octanol–water partition coefficient (Wildman–Crippen LogP) is 3.93. The van der Waals surface area contributed by atoms with E-state index in [1.165, 1.54) is 12.0 Å². The number of para-hydroxylation sites is 2. The minimum atomic E-state index is -0.194. The molecule has 3 atom stereocenters. The van der Waals surface area contributed by atoms with E-state index >= 15 is 0 Å². The highest BCUT2D eigenvalue weighted by molar-refractivity contribution is 5.41. The van der Waals surface area contributed by atoms with E-state index in [1.54, 1.807) is 0 Å². The largest absolute Gasteiger partial charge is 0.485 e. The van der Waals surface area contributed by atoms with Crippen LogP contribution in [0.3, 0.4) is 0 Å². The molecule has 0 amide bonds. The normalized spacial score (nSPS) is 25.3. The van der Waals surface area contributed by atoms with Gasteiger partial charge in [-0.2, -0.15) is 0 Å². The van der Waals surface area contributed by atoms with Gasteiger partial charge in [-0.25, -0.2) is 0 Å². The van der Waals surface area contributed by atoms with Crippen LogP contribution in [0.25, 0.3) is 0 Å². The maximum atomic E-state index is 10.2. The fourth-order valence-electron chi connectivity index (χ4n) is 4.03. The predicted molar refractivity (Wildman–Crippen MR) is 101 cm³/mol. The van der Waals surface area contributed by atoms with Gasteiger partial charge in [0.1, 0.15) is 6.61 Å². The highest BCUT2D eigenvalue weighted by atomic mass is 16.6. The summed E-state index contributed by atoms with van der Waals surface area (Å²) in [5, 5.41) is 10.2. The zero-order valence-corrected chi connectivity index (χ0v) is 15.3. The molecule has 1 heterocycles. The highest BCUT2D eigenvalue weighted by Crippen LogP contribution is 2.35. The number of rotatable bonds is 4. The van der Waals surface area contributed by atoms with Gasteiger partial charge in [-0.05, 0) is 43.1 Å². The van der Waals surface area contributed by atoms with Crippen molar-refractivity contribution in [2.75, 3.05) is 13.7 Å². The van der Waals surface area contributed by atoms with Crippen LogP contribution in [0, 0.1) is 0 Å². The lowest BCUT2D eigenvalue weighted by atomic mass is 9.91. The lowest BCUT2D eigenvalue weighted by Gasteiger charge is -2.35. The van der Waals surface area contributed by atoms with Gasteiger partial charge in [0.15, 0.2) is 17.6 Å². The quantitative estimate of drug-likeness (QED) is 0.904. The lowest BCUT2D eigenvalue weighted by molar-refractivity contribution is 0.0288. The van der Waals surface area contributed by atoms with Crippen LogP contribution in [0.15, 0.2) is 48.5 Å². The summed E-state index contributed by atoms with van der Waals surface area (Å²) in [6.45, 7) is 1.39. The number of likely N-dealkylation sites (N-methyl/N-ethyl adjacent to an activating group) is 1. The summed E-state index contributed by atoms with van der Waals surface area (Å²) < 4.78 is 11.9. The molecule has 1 saturated carbocycles. The van der Waals surface area contributed by atoms with Gasteiger partial charge >= 0.3 is 0 Å². The van der Waals surface area contributed by atoms with Crippen LogP contribution in [0.2, 0.25) is 0 Å². The van der Waals surface area contributed by atoms with Crippen molar-refractivity contribution in [3.8, 4) is 11.5 Å². The molecule has 4 nitrogen and oxygen atoms in total. The molecular weight excluding hydrogens is 326 g/mol. The van der Waals surface area contributed by atoms with Gasteiger partial charge in [-0.1, -0.05) is 49.2 Å². The number of fused-ring (bicyclic) bond motifs is 1. The second kappa shape index (κ2) is 7.68. The number of benzene rings is 2. The van der Waals surface area contributed by atoms with Gasteiger partial charge in [0.2, 0.25) is 0 Å². The van der Waals surface area contributed by atoms with Crippen LogP contribution in [0.4, 0.5) is 0 Å². The molecule has 2 aromatic carbocycles. The van der Waals surface area contributed by atoms with Crippen molar-refractivity contribution >= 4 is 0 Å². The van der Waals surface area contributed by atoms with Gasteiger partial charge in [0, 0.05) is 12.6 Å². The topological polar surface area (TPSA) is 41.9 Å². The molecule has 0 saturated heterocycles. The fourth-order valence-corrected chi connectivity index (χ4v) is 4.03. The molecule has 4 rings (SSSR count). The van der Waals surface area contributed by atoms with E-state index in [0.717, 1.165) is 42.9 Å². The Hall–Kier alpha value is -2.04. The van der Waals surface area contributed by atoms with Gasteiger partial charge in [-0.15, -0.1) is 0 Å². The first-order valence-corrected chi connectivity index (χ1v) is 9.56. The average Bonchev–Trinajstić information content (AvgIpc) is 2.68. The van der Waals surface area contributed by atoms with E-state index in [-0.39, 0.29) is 18.2 Å². The second-order valence-electron chi connectivity index (χ2n) is 7.44. The summed E-state index contributed by atoms with van der Waals surface area (Å²) in [6, 6.07) is 16.6. The molecule has 0 radical (unpaired) electrons. The third-order valence-corrected chi connectivity index (χ3v) is 5.55. The van der Waals surface area contributed by atoms with Crippen LogP contribution in [0.1, 0.15) is 42.9 Å². The number of hydrogen-bond acceptors (Lipinski definition) is 4. The van der Waals surface area contributed by atoms with Crippen molar-refractivity contribution < 1.29 is 14.6 Å². The van der Waals surface area contributed by atoms with Crippen molar-refractivity contribution in [1.29, 1.82) is 0 Å². The third kappa shape index (κ3) is 3.71. The zero-order valence-electron chi connectivity index (χ0n) is 15.3. The van der Waals surface area contributed by atoms with E-state index < -0.39 is 0 Å². The Kier molecular flexibility index (Phi) is 5.14. The molecule has 1 aliphatic carbocycles. The Bertz CT molecular complexity index is 730. The summed E-state index contributed by atoms with van der Waals surface area (Å²) in [5.41, 5.74) is 2.38. The number of ether oxygens (including phenoxy) is 2. The van der Waals surface area contributed by atoms with E-state index in [9.17, 15) is 5.11 Å². The fraction of sp³-hybridized carbons (Fsp3) is 0.455. The zero-order chi connectivity index (χ0) is 17.9. The molecule has 0 aromatic heterocycles. The van der Waals surface area contributed by atoms with Gasteiger partial charge in [0.05, 0.1) is 6.10 Å². The monoisotopic (exact) mass is 353 g/mol. The van der Waals surface area contributed by atoms with Gasteiger partial charge in [-0.3, -0.25) is 4.90 Å². The Morgan fingerprint density at radius 3 is 2.50 bits per heavy atom. The van der Waals surface area contributed by atoms with E-state index in [2.05, 4.69) is 36.2 Å². The number of hydrogen-bond donors (Lipinski definition) is 1. The van der Waals surface area contributed by atoms with Crippen molar-refractivity contribution in [1.82, 2.24) is 4.90 Å². The standard InChI is InChI=1S/C22H27NO3/c1-23(18-6-2-3-7-19(18)24)14-16-10-12-17(13-11-16)22-15-25-20-8-4-5-9-21(20)26-22/h4-5,8-13,18-19,22,24H,2-3,6-7,14-15H2,1H3/t18?,19-,22-/m1/s1. The average molecular weight is 353 g/mol. The maximum Gasteiger partial charge on any atom is 0.162 e. The van der Waals surface area contributed by atoms with E-state index in [1.807, 2.05) is 24.3 Å². The van der Waals surface area contributed by atoms with E-state index in [0.29, 0.717) is 6.61 Å². The smallest absolute Gasteiger partial charge is 0.162 e. The molecule has 2 aromatic rings.